The Labute approximate surface area is 121 Å². The average molecular weight is 319 g/mol. The van der Waals surface area contributed by atoms with E-state index in [1.807, 2.05) is 0 Å². The number of hydrogen-bond acceptors (Lipinski definition) is 2. The molecular formula is C13H7ClF4N2O. The molecule has 0 fully saturated rings. The molecule has 0 bridgehead atoms. The molecule has 8 heteroatoms. The fraction of sp³-hybridized carbons (Fsp3) is 0.0769. The molecule has 0 aliphatic rings. The molecule has 1 aromatic carbocycles. The molecule has 2 aromatic rings. The van der Waals surface area contributed by atoms with Gasteiger partial charge < -0.3 is 5.32 Å². The molecule has 0 saturated carbocycles. The van der Waals surface area contributed by atoms with E-state index in [9.17, 15) is 22.4 Å². The van der Waals surface area contributed by atoms with Crippen molar-refractivity contribution >= 4 is 23.3 Å². The lowest BCUT2D eigenvalue weighted by Gasteiger charge is -2.10. The molecule has 0 radical (unpaired) electrons. The molecule has 0 spiro atoms. The van der Waals surface area contributed by atoms with Crippen molar-refractivity contribution in [3.63, 3.8) is 0 Å². The van der Waals surface area contributed by atoms with Crippen LogP contribution in [0.3, 0.4) is 0 Å². The number of anilines is 1. The van der Waals surface area contributed by atoms with Crippen molar-refractivity contribution in [2.45, 2.75) is 6.18 Å². The van der Waals surface area contributed by atoms with E-state index < -0.39 is 23.5 Å². The van der Waals surface area contributed by atoms with Crippen LogP contribution in [0, 0.1) is 5.82 Å². The maximum atomic E-state index is 12.7. The van der Waals surface area contributed by atoms with Gasteiger partial charge in [-0.05, 0) is 30.3 Å². The predicted octanol–water partition coefficient (Wildman–Crippen LogP) is 4.15. The lowest BCUT2D eigenvalue weighted by molar-refractivity contribution is -0.137. The van der Waals surface area contributed by atoms with Crippen LogP contribution >= 0.6 is 11.6 Å². The molecule has 21 heavy (non-hydrogen) atoms. The number of carbonyl (C=O) groups excluding carboxylic acids is 1. The molecule has 0 aliphatic carbocycles. The lowest BCUT2D eigenvalue weighted by Crippen LogP contribution is -2.14. The molecule has 0 saturated heterocycles. The SMILES string of the molecule is O=C(Nc1ncc(C(F)(F)F)cc1Cl)c1ccc(F)cc1. The number of benzene rings is 1. The van der Waals surface area contributed by atoms with Crippen LogP contribution in [0.5, 0.6) is 0 Å². The minimum absolute atomic E-state index is 0.120. The summed E-state index contributed by atoms with van der Waals surface area (Å²) in [6, 6.07) is 5.27. The van der Waals surface area contributed by atoms with Gasteiger partial charge in [0.25, 0.3) is 5.91 Å². The number of alkyl halides is 3. The van der Waals surface area contributed by atoms with Crippen LogP contribution in [-0.2, 0) is 6.18 Å². The molecule has 2 rings (SSSR count). The summed E-state index contributed by atoms with van der Waals surface area (Å²) in [6.07, 6.45) is -4.01. The van der Waals surface area contributed by atoms with E-state index in [1.165, 1.54) is 12.1 Å². The molecule has 1 amide bonds. The quantitative estimate of drug-likeness (QED) is 0.845. The van der Waals surface area contributed by atoms with Crippen molar-refractivity contribution in [3.8, 4) is 0 Å². The van der Waals surface area contributed by atoms with Gasteiger partial charge in [-0.2, -0.15) is 13.2 Å². The number of rotatable bonds is 2. The third-order valence-corrected chi connectivity index (χ3v) is 2.79. The normalized spacial score (nSPS) is 11.3. The molecule has 0 atom stereocenters. The molecular weight excluding hydrogens is 312 g/mol. The first-order valence-electron chi connectivity index (χ1n) is 5.57. The van der Waals surface area contributed by atoms with Crippen LogP contribution in [0.15, 0.2) is 36.5 Å². The molecule has 110 valence electrons. The maximum absolute atomic E-state index is 12.7. The summed E-state index contributed by atoms with van der Waals surface area (Å²) in [5.41, 5.74) is -0.901. The van der Waals surface area contributed by atoms with Gasteiger partial charge in [0.15, 0.2) is 5.82 Å². The van der Waals surface area contributed by atoms with E-state index in [0.717, 1.165) is 12.1 Å². The van der Waals surface area contributed by atoms with Gasteiger partial charge in [-0.25, -0.2) is 9.37 Å². The van der Waals surface area contributed by atoms with E-state index in [-0.39, 0.29) is 16.4 Å². The zero-order chi connectivity index (χ0) is 15.6. The summed E-state index contributed by atoms with van der Waals surface area (Å²) < 4.78 is 50.1. The smallest absolute Gasteiger partial charge is 0.305 e. The third kappa shape index (κ3) is 3.69. The number of carbonyl (C=O) groups is 1. The highest BCUT2D eigenvalue weighted by Gasteiger charge is 2.31. The molecule has 0 unspecified atom stereocenters. The number of hydrogen-bond donors (Lipinski definition) is 1. The van der Waals surface area contributed by atoms with Crippen LogP contribution < -0.4 is 5.32 Å². The lowest BCUT2D eigenvalue weighted by atomic mass is 10.2. The fourth-order valence-corrected chi connectivity index (χ4v) is 1.68. The fourth-order valence-electron chi connectivity index (χ4n) is 1.47. The minimum Gasteiger partial charge on any atom is -0.305 e. The van der Waals surface area contributed by atoms with E-state index in [0.29, 0.717) is 12.3 Å². The molecule has 0 aliphatic heterocycles. The number of halogens is 5. The number of pyridine rings is 1. The van der Waals surface area contributed by atoms with Crippen LogP contribution in [0.2, 0.25) is 5.02 Å². The maximum Gasteiger partial charge on any atom is 0.417 e. The highest BCUT2D eigenvalue weighted by molar-refractivity contribution is 6.33. The van der Waals surface area contributed by atoms with Crippen LogP contribution in [-0.4, -0.2) is 10.9 Å². The minimum atomic E-state index is -4.57. The van der Waals surface area contributed by atoms with Crippen molar-refractivity contribution < 1.29 is 22.4 Å². The number of aromatic nitrogens is 1. The van der Waals surface area contributed by atoms with Gasteiger partial charge in [-0.15, -0.1) is 0 Å². The van der Waals surface area contributed by atoms with E-state index in [4.69, 9.17) is 11.6 Å². The van der Waals surface area contributed by atoms with Crippen molar-refractivity contribution in [1.29, 1.82) is 0 Å². The molecule has 1 aromatic heterocycles. The Balaban J connectivity index is 2.20. The summed E-state index contributed by atoms with van der Waals surface area (Å²) >= 11 is 5.65. The Bertz CT molecular complexity index is 671. The standard InChI is InChI=1S/C13H7ClF4N2O/c14-10-5-8(13(16,17)18)6-19-11(10)20-12(21)7-1-3-9(15)4-2-7/h1-6H,(H,19,20,21). The summed E-state index contributed by atoms with van der Waals surface area (Å²) in [7, 11) is 0. The van der Waals surface area contributed by atoms with Gasteiger partial charge in [0, 0.05) is 11.8 Å². The zero-order valence-electron chi connectivity index (χ0n) is 10.2. The summed E-state index contributed by atoms with van der Waals surface area (Å²) in [5, 5.41) is 1.91. The molecule has 1 heterocycles. The van der Waals surface area contributed by atoms with Crippen LogP contribution in [0.1, 0.15) is 15.9 Å². The average Bonchev–Trinajstić information content (AvgIpc) is 2.40. The second-order valence-electron chi connectivity index (χ2n) is 4.01. The van der Waals surface area contributed by atoms with Crippen LogP contribution in [0.25, 0.3) is 0 Å². The highest BCUT2D eigenvalue weighted by atomic mass is 35.5. The Morgan fingerprint density at radius 1 is 1.19 bits per heavy atom. The largest absolute Gasteiger partial charge is 0.417 e. The van der Waals surface area contributed by atoms with E-state index in [2.05, 4.69) is 10.3 Å². The number of nitrogens with zero attached hydrogens (tertiary/aromatic N) is 1. The van der Waals surface area contributed by atoms with Crippen molar-refractivity contribution in [1.82, 2.24) is 4.98 Å². The Morgan fingerprint density at radius 3 is 2.33 bits per heavy atom. The van der Waals surface area contributed by atoms with Gasteiger partial charge in [-0.3, -0.25) is 4.79 Å². The van der Waals surface area contributed by atoms with Gasteiger partial charge in [-0.1, -0.05) is 11.6 Å². The van der Waals surface area contributed by atoms with E-state index in [1.54, 1.807) is 0 Å². The highest BCUT2D eigenvalue weighted by Crippen LogP contribution is 2.32. The second kappa shape index (κ2) is 5.69. The monoisotopic (exact) mass is 318 g/mol. The summed E-state index contributed by atoms with van der Waals surface area (Å²) in [6.45, 7) is 0. The van der Waals surface area contributed by atoms with Gasteiger partial charge in [0.1, 0.15) is 5.82 Å². The molecule has 1 N–H and O–H groups in total. The number of nitrogens with one attached hydrogen (secondary N) is 1. The van der Waals surface area contributed by atoms with Crippen molar-refractivity contribution in [2.24, 2.45) is 0 Å². The zero-order valence-corrected chi connectivity index (χ0v) is 11.0. The Hall–Kier alpha value is -2.15. The first-order valence-corrected chi connectivity index (χ1v) is 5.95. The van der Waals surface area contributed by atoms with Gasteiger partial charge in [0.2, 0.25) is 0 Å². The van der Waals surface area contributed by atoms with Crippen molar-refractivity contribution in [3.05, 3.63) is 58.5 Å². The summed E-state index contributed by atoms with van der Waals surface area (Å²) in [4.78, 5) is 15.3. The van der Waals surface area contributed by atoms with Crippen LogP contribution in [0.4, 0.5) is 23.4 Å². The second-order valence-corrected chi connectivity index (χ2v) is 4.42. The Morgan fingerprint density at radius 2 is 1.81 bits per heavy atom. The van der Waals surface area contributed by atoms with Gasteiger partial charge in [0.05, 0.1) is 10.6 Å². The third-order valence-electron chi connectivity index (χ3n) is 2.51. The predicted molar refractivity (Wildman–Crippen MR) is 68.6 cm³/mol. The first-order chi connectivity index (χ1) is 9.77. The van der Waals surface area contributed by atoms with Gasteiger partial charge >= 0.3 is 6.18 Å². The topological polar surface area (TPSA) is 42.0 Å². The summed E-state index contributed by atoms with van der Waals surface area (Å²) in [5.74, 6) is -1.39. The number of amides is 1. The molecule has 3 nitrogen and oxygen atoms in total. The van der Waals surface area contributed by atoms with E-state index >= 15 is 0 Å². The first kappa shape index (κ1) is 15.2. The Kier molecular flexibility index (Phi) is 4.13. The van der Waals surface area contributed by atoms with Crippen molar-refractivity contribution in [2.75, 3.05) is 5.32 Å².